The minimum absolute atomic E-state index is 0.166. The standard InChI is InChI=1S/C28H25FN2O4.C2H6/c1-15-13-28(2,3)30-19-9-8-18-24(23(15)19)22(12-16-6-5-7-17(14-32)26(16)29)35-21-11-10-20(31-33)27(34-4)25(18)21;1-2/h5-13,30,32H,14H2,1-4H3;1-2H3/b22-12-;. The molecule has 2 aliphatic rings. The van der Waals surface area contributed by atoms with Gasteiger partial charge in [0, 0.05) is 33.5 Å². The summed E-state index contributed by atoms with van der Waals surface area (Å²) < 4.78 is 27.0. The van der Waals surface area contributed by atoms with Gasteiger partial charge in [-0.1, -0.05) is 44.2 Å². The molecule has 0 fully saturated rings. The maximum atomic E-state index is 15.1. The normalized spacial score (nSPS) is 15.6. The molecule has 0 saturated carbocycles. The van der Waals surface area contributed by atoms with Crippen LogP contribution in [-0.2, 0) is 6.61 Å². The molecule has 5 rings (SSSR count). The average Bonchev–Trinajstić information content (AvgIpc) is 2.89. The first-order valence-electron chi connectivity index (χ1n) is 12.3. The molecule has 0 bridgehead atoms. The third-order valence-electron chi connectivity index (χ3n) is 6.34. The molecule has 0 radical (unpaired) electrons. The highest BCUT2D eigenvalue weighted by molar-refractivity contribution is 6.02. The largest absolute Gasteiger partial charge is 0.494 e. The fourth-order valence-electron chi connectivity index (χ4n) is 5.00. The molecule has 192 valence electrons. The summed E-state index contributed by atoms with van der Waals surface area (Å²) in [6.45, 7) is 9.80. The monoisotopic (exact) mass is 502 g/mol. The number of aliphatic hydroxyl groups is 1. The van der Waals surface area contributed by atoms with Crippen molar-refractivity contribution in [3.05, 3.63) is 81.5 Å². The summed E-state index contributed by atoms with van der Waals surface area (Å²) in [5.74, 6) is 0.726. The minimum atomic E-state index is -0.507. The predicted octanol–water partition coefficient (Wildman–Crippen LogP) is 7.92. The number of nitrogens with one attached hydrogen (secondary N) is 1. The van der Waals surface area contributed by atoms with E-state index in [2.05, 4.69) is 30.4 Å². The van der Waals surface area contributed by atoms with Crippen molar-refractivity contribution in [1.82, 2.24) is 0 Å². The van der Waals surface area contributed by atoms with Crippen molar-refractivity contribution < 1.29 is 19.0 Å². The first-order chi connectivity index (χ1) is 17.8. The molecule has 0 unspecified atom stereocenters. The molecule has 2 N–H and O–H groups in total. The number of ether oxygens (including phenoxy) is 2. The third kappa shape index (κ3) is 4.51. The summed E-state index contributed by atoms with van der Waals surface area (Å²) in [6, 6.07) is 12.0. The van der Waals surface area contributed by atoms with Crippen molar-refractivity contribution in [1.29, 1.82) is 0 Å². The Kier molecular flexibility index (Phi) is 7.18. The number of rotatable bonds is 4. The van der Waals surface area contributed by atoms with Crippen molar-refractivity contribution in [3.63, 3.8) is 0 Å². The summed E-state index contributed by atoms with van der Waals surface area (Å²) in [5.41, 5.74) is 5.43. The molecule has 3 aromatic rings. The number of fused-ring (bicyclic) bond motifs is 5. The maximum Gasteiger partial charge on any atom is 0.159 e. The number of nitrogens with zero attached hydrogens (tertiary/aromatic N) is 1. The van der Waals surface area contributed by atoms with Crippen LogP contribution in [0.15, 0.2) is 53.7 Å². The molecule has 7 heteroatoms. The second-order valence-electron chi connectivity index (χ2n) is 9.26. The molecule has 0 spiro atoms. The van der Waals surface area contributed by atoms with Gasteiger partial charge in [0.1, 0.15) is 17.3 Å². The van der Waals surface area contributed by atoms with Gasteiger partial charge in [-0.25, -0.2) is 4.39 Å². The molecular formula is C30H31FN2O4. The quantitative estimate of drug-likeness (QED) is 0.354. The number of allylic oxidation sites excluding steroid dienone is 1. The van der Waals surface area contributed by atoms with E-state index in [0.717, 1.165) is 28.0 Å². The van der Waals surface area contributed by atoms with Crippen molar-refractivity contribution in [2.24, 2.45) is 5.18 Å². The molecular weight excluding hydrogens is 471 g/mol. The highest BCUT2D eigenvalue weighted by Gasteiger charge is 2.33. The van der Waals surface area contributed by atoms with E-state index in [4.69, 9.17) is 9.47 Å². The van der Waals surface area contributed by atoms with E-state index in [-0.39, 0.29) is 16.8 Å². The summed E-state index contributed by atoms with van der Waals surface area (Å²) >= 11 is 0. The predicted molar refractivity (Wildman–Crippen MR) is 147 cm³/mol. The summed E-state index contributed by atoms with van der Waals surface area (Å²) in [5, 5.41) is 16.2. The average molecular weight is 503 g/mol. The van der Waals surface area contributed by atoms with E-state index in [1.165, 1.54) is 13.2 Å². The van der Waals surface area contributed by atoms with Crippen LogP contribution < -0.4 is 14.8 Å². The molecule has 0 aromatic heterocycles. The highest BCUT2D eigenvalue weighted by Crippen LogP contribution is 2.54. The number of hydrogen-bond acceptors (Lipinski definition) is 6. The number of nitroso groups, excluding NO2 is 1. The van der Waals surface area contributed by atoms with Crippen LogP contribution >= 0.6 is 0 Å². The van der Waals surface area contributed by atoms with Crippen LogP contribution in [0.25, 0.3) is 28.5 Å². The van der Waals surface area contributed by atoms with Gasteiger partial charge in [0.15, 0.2) is 11.4 Å². The number of methoxy groups -OCH3 is 1. The Hall–Kier alpha value is -3.97. The van der Waals surface area contributed by atoms with E-state index >= 15 is 4.39 Å². The number of hydrogen-bond donors (Lipinski definition) is 2. The van der Waals surface area contributed by atoms with Gasteiger partial charge in [0.05, 0.1) is 24.8 Å². The van der Waals surface area contributed by atoms with Gasteiger partial charge >= 0.3 is 0 Å². The minimum Gasteiger partial charge on any atom is -0.494 e. The first kappa shape index (κ1) is 26.1. The highest BCUT2D eigenvalue weighted by atomic mass is 19.1. The van der Waals surface area contributed by atoms with Crippen molar-refractivity contribution >= 4 is 28.8 Å². The van der Waals surface area contributed by atoms with Crippen LogP contribution in [0.3, 0.4) is 0 Å². The van der Waals surface area contributed by atoms with E-state index in [9.17, 15) is 10.0 Å². The zero-order valence-corrected chi connectivity index (χ0v) is 21.9. The van der Waals surface area contributed by atoms with Gasteiger partial charge < -0.3 is 19.9 Å². The van der Waals surface area contributed by atoms with Gasteiger partial charge in [-0.3, -0.25) is 0 Å². The Labute approximate surface area is 216 Å². The molecule has 6 nitrogen and oxygen atoms in total. The maximum absolute atomic E-state index is 15.1. The van der Waals surface area contributed by atoms with Crippen LogP contribution in [0, 0.1) is 10.7 Å². The summed E-state index contributed by atoms with van der Waals surface area (Å²) in [6.07, 6.45) is 3.78. The number of benzene rings is 3. The fraction of sp³-hybridized carbons (Fsp3) is 0.267. The summed E-state index contributed by atoms with van der Waals surface area (Å²) in [4.78, 5) is 11.5. The molecule has 3 aromatic carbocycles. The number of anilines is 1. The van der Waals surface area contributed by atoms with Crippen LogP contribution in [0.4, 0.5) is 15.8 Å². The lowest BCUT2D eigenvalue weighted by Crippen LogP contribution is -2.32. The van der Waals surface area contributed by atoms with Gasteiger partial charge in [-0.05, 0) is 55.8 Å². The van der Waals surface area contributed by atoms with Crippen molar-refractivity contribution in [2.45, 2.75) is 46.8 Å². The van der Waals surface area contributed by atoms with E-state index in [1.54, 1.807) is 30.3 Å². The summed E-state index contributed by atoms with van der Waals surface area (Å²) in [7, 11) is 1.48. The van der Waals surface area contributed by atoms with Crippen LogP contribution in [-0.4, -0.2) is 17.8 Å². The van der Waals surface area contributed by atoms with E-state index in [0.29, 0.717) is 28.4 Å². The lowest BCUT2D eigenvalue weighted by molar-refractivity contribution is 0.275. The van der Waals surface area contributed by atoms with Crippen LogP contribution in [0.1, 0.15) is 56.9 Å². The lowest BCUT2D eigenvalue weighted by atomic mass is 9.82. The molecule has 2 heterocycles. The number of halogens is 1. The second kappa shape index (κ2) is 10.2. The Balaban J connectivity index is 0.00000156. The van der Waals surface area contributed by atoms with Gasteiger partial charge in [-0.15, -0.1) is 4.91 Å². The molecule has 2 aliphatic heterocycles. The van der Waals surface area contributed by atoms with Gasteiger partial charge in [-0.2, -0.15) is 0 Å². The third-order valence-corrected chi connectivity index (χ3v) is 6.34. The van der Waals surface area contributed by atoms with Gasteiger partial charge in [0.25, 0.3) is 0 Å². The molecule has 37 heavy (non-hydrogen) atoms. The zero-order valence-electron chi connectivity index (χ0n) is 21.9. The second-order valence-corrected chi connectivity index (χ2v) is 9.26. The Morgan fingerprint density at radius 1 is 1.11 bits per heavy atom. The van der Waals surface area contributed by atoms with E-state index < -0.39 is 12.4 Å². The zero-order chi connectivity index (χ0) is 26.9. The molecule has 0 saturated heterocycles. The number of aliphatic hydroxyl groups excluding tert-OH is 1. The van der Waals surface area contributed by atoms with E-state index in [1.807, 2.05) is 32.9 Å². The SMILES string of the molecule is CC.COc1c(N=O)ccc2c1-c1ccc3c(c1/C(=C/c1cccc(CO)c1F)O2)C(C)=CC(C)(C)N3. The Bertz CT molecular complexity index is 1440. The molecule has 0 atom stereocenters. The fourth-order valence-corrected chi connectivity index (χ4v) is 5.00. The topological polar surface area (TPSA) is 80.2 Å². The molecule has 0 aliphatic carbocycles. The van der Waals surface area contributed by atoms with Gasteiger partial charge in [0.2, 0.25) is 0 Å². The van der Waals surface area contributed by atoms with Crippen LogP contribution in [0.2, 0.25) is 0 Å². The Morgan fingerprint density at radius 2 is 1.86 bits per heavy atom. The van der Waals surface area contributed by atoms with Crippen molar-refractivity contribution in [2.75, 3.05) is 12.4 Å². The van der Waals surface area contributed by atoms with Crippen LogP contribution in [0.5, 0.6) is 11.5 Å². The first-order valence-corrected chi connectivity index (χ1v) is 12.3. The lowest BCUT2D eigenvalue weighted by Gasteiger charge is -2.35. The van der Waals surface area contributed by atoms with Crippen molar-refractivity contribution in [3.8, 4) is 22.6 Å². The smallest absolute Gasteiger partial charge is 0.159 e. The Morgan fingerprint density at radius 3 is 2.54 bits per heavy atom. The molecule has 0 amide bonds.